The second-order valence-electron chi connectivity index (χ2n) is 4.76. The van der Waals surface area contributed by atoms with Crippen molar-refractivity contribution in [3.8, 4) is 0 Å². The van der Waals surface area contributed by atoms with Gasteiger partial charge < -0.3 is 14.8 Å². The zero-order valence-electron chi connectivity index (χ0n) is 13.2. The van der Waals surface area contributed by atoms with Crippen molar-refractivity contribution in [3.05, 3.63) is 47.5 Å². The second kappa shape index (κ2) is 11.8. The van der Waals surface area contributed by atoms with Crippen molar-refractivity contribution in [2.45, 2.75) is 26.0 Å². The Hall–Kier alpha value is -1.66. The Morgan fingerprint density at radius 2 is 2.09 bits per heavy atom. The van der Waals surface area contributed by atoms with Gasteiger partial charge >= 0.3 is 5.97 Å². The zero-order valence-corrected chi connectivity index (χ0v) is 14.8. The standard InChI is InChI=1S/C17H22BrNO4/c1-2-23-17(21)16(19-13-20)10-15(11-18)8-9-22-12-14-6-4-3-5-7-14/h3-7,10,13,16H,2,8-9,11-12H2,1H3,(H,19,20)/b15-10-. The van der Waals surface area contributed by atoms with E-state index < -0.39 is 12.0 Å². The van der Waals surface area contributed by atoms with Crippen molar-refractivity contribution >= 4 is 28.3 Å². The quantitative estimate of drug-likeness (QED) is 0.209. The van der Waals surface area contributed by atoms with Crippen molar-refractivity contribution in [2.24, 2.45) is 0 Å². The van der Waals surface area contributed by atoms with Crippen LogP contribution in [0, 0.1) is 0 Å². The number of alkyl halides is 1. The normalized spacial score (nSPS) is 12.5. The molecule has 1 unspecified atom stereocenters. The summed E-state index contributed by atoms with van der Waals surface area (Å²) in [7, 11) is 0. The van der Waals surface area contributed by atoms with Gasteiger partial charge in [0.25, 0.3) is 0 Å². The van der Waals surface area contributed by atoms with Gasteiger partial charge in [0.1, 0.15) is 6.04 Å². The molecule has 1 N–H and O–H groups in total. The molecule has 1 aromatic carbocycles. The summed E-state index contributed by atoms with van der Waals surface area (Å²) in [5.74, 6) is -0.469. The number of nitrogens with one attached hydrogen (secondary N) is 1. The predicted molar refractivity (Wildman–Crippen MR) is 92.2 cm³/mol. The van der Waals surface area contributed by atoms with Gasteiger partial charge in [0.05, 0.1) is 19.8 Å². The molecular formula is C17H22BrNO4. The van der Waals surface area contributed by atoms with Gasteiger partial charge in [-0.15, -0.1) is 0 Å². The van der Waals surface area contributed by atoms with Gasteiger partial charge in [-0.1, -0.05) is 57.9 Å². The van der Waals surface area contributed by atoms with Gasteiger partial charge in [-0.25, -0.2) is 4.79 Å². The Morgan fingerprint density at radius 3 is 2.70 bits per heavy atom. The minimum Gasteiger partial charge on any atom is -0.464 e. The van der Waals surface area contributed by atoms with Gasteiger partial charge in [-0.2, -0.15) is 0 Å². The fourth-order valence-corrected chi connectivity index (χ4v) is 2.35. The molecule has 1 atom stereocenters. The third-order valence-electron chi connectivity index (χ3n) is 3.04. The molecule has 0 aliphatic carbocycles. The Labute approximate surface area is 145 Å². The first-order valence-corrected chi connectivity index (χ1v) is 8.57. The van der Waals surface area contributed by atoms with E-state index >= 15 is 0 Å². The van der Waals surface area contributed by atoms with Gasteiger partial charge in [0.15, 0.2) is 0 Å². The van der Waals surface area contributed by atoms with Crippen molar-refractivity contribution in [1.82, 2.24) is 5.32 Å². The Morgan fingerprint density at radius 1 is 1.35 bits per heavy atom. The molecule has 1 aromatic rings. The van der Waals surface area contributed by atoms with E-state index in [0.717, 1.165) is 11.1 Å². The summed E-state index contributed by atoms with van der Waals surface area (Å²) >= 11 is 3.39. The van der Waals surface area contributed by atoms with Crippen molar-refractivity contribution in [3.63, 3.8) is 0 Å². The van der Waals surface area contributed by atoms with Crippen LogP contribution in [0.4, 0.5) is 0 Å². The van der Waals surface area contributed by atoms with E-state index in [9.17, 15) is 9.59 Å². The number of rotatable bonds is 11. The van der Waals surface area contributed by atoms with Crippen molar-refractivity contribution in [1.29, 1.82) is 0 Å². The zero-order chi connectivity index (χ0) is 16.9. The minimum atomic E-state index is -0.769. The number of amides is 1. The molecule has 0 heterocycles. The number of halogens is 1. The lowest BCUT2D eigenvalue weighted by molar-refractivity contribution is -0.145. The molecule has 126 valence electrons. The summed E-state index contributed by atoms with van der Waals surface area (Å²) in [5.41, 5.74) is 2.08. The first-order valence-electron chi connectivity index (χ1n) is 7.44. The SMILES string of the molecule is CCOC(=O)C(/C=C(\CBr)CCOCc1ccccc1)NC=O. The van der Waals surface area contributed by atoms with Gasteiger partial charge in [0, 0.05) is 5.33 Å². The maximum absolute atomic E-state index is 11.8. The van der Waals surface area contributed by atoms with E-state index in [1.165, 1.54) is 0 Å². The molecular weight excluding hydrogens is 362 g/mol. The van der Waals surface area contributed by atoms with E-state index in [0.29, 0.717) is 31.4 Å². The molecule has 5 nitrogen and oxygen atoms in total. The number of esters is 1. The van der Waals surface area contributed by atoms with Crippen LogP contribution in [0.1, 0.15) is 18.9 Å². The molecule has 1 amide bonds. The molecule has 0 aliphatic rings. The van der Waals surface area contributed by atoms with E-state index in [4.69, 9.17) is 9.47 Å². The molecule has 1 rings (SSSR count). The lowest BCUT2D eigenvalue weighted by atomic mass is 10.1. The molecule has 0 saturated heterocycles. The number of hydrogen-bond donors (Lipinski definition) is 1. The molecule has 0 aliphatic heterocycles. The molecule has 0 aromatic heterocycles. The fraction of sp³-hybridized carbons (Fsp3) is 0.412. The molecule has 0 saturated carbocycles. The maximum Gasteiger partial charge on any atom is 0.332 e. The summed E-state index contributed by atoms with van der Waals surface area (Å²) in [6.45, 7) is 3.07. The van der Waals surface area contributed by atoms with Crippen LogP contribution in [0.5, 0.6) is 0 Å². The average Bonchev–Trinajstić information content (AvgIpc) is 2.57. The minimum absolute atomic E-state index is 0.271. The summed E-state index contributed by atoms with van der Waals surface area (Å²) in [5, 5.41) is 3.05. The van der Waals surface area contributed by atoms with Crippen molar-refractivity contribution < 1.29 is 19.1 Å². The van der Waals surface area contributed by atoms with Gasteiger partial charge in [-0.3, -0.25) is 4.79 Å². The van der Waals surface area contributed by atoms with E-state index in [2.05, 4.69) is 21.2 Å². The van der Waals surface area contributed by atoms with Crippen LogP contribution in [-0.4, -0.2) is 37.0 Å². The Bertz CT molecular complexity index is 505. The number of ether oxygens (including phenoxy) is 2. The predicted octanol–water partition coefficient (Wildman–Crippen LogP) is 2.59. The highest BCUT2D eigenvalue weighted by Crippen LogP contribution is 2.09. The smallest absolute Gasteiger partial charge is 0.332 e. The lowest BCUT2D eigenvalue weighted by Crippen LogP contribution is -2.36. The largest absolute Gasteiger partial charge is 0.464 e. The topological polar surface area (TPSA) is 64.6 Å². The average molecular weight is 384 g/mol. The molecule has 6 heteroatoms. The van der Waals surface area contributed by atoms with Crippen LogP contribution in [-0.2, 0) is 25.7 Å². The Balaban J connectivity index is 2.49. The highest BCUT2D eigenvalue weighted by atomic mass is 79.9. The van der Waals surface area contributed by atoms with Crippen LogP contribution in [0.25, 0.3) is 0 Å². The van der Waals surface area contributed by atoms with Crippen LogP contribution < -0.4 is 5.32 Å². The van der Waals surface area contributed by atoms with Crippen LogP contribution in [0.15, 0.2) is 42.0 Å². The fourth-order valence-electron chi connectivity index (χ4n) is 1.89. The van der Waals surface area contributed by atoms with Crippen LogP contribution >= 0.6 is 15.9 Å². The highest BCUT2D eigenvalue weighted by Gasteiger charge is 2.16. The van der Waals surface area contributed by atoms with Crippen LogP contribution in [0.2, 0.25) is 0 Å². The van der Waals surface area contributed by atoms with E-state index in [-0.39, 0.29) is 6.61 Å². The summed E-state index contributed by atoms with van der Waals surface area (Å²) in [6, 6.07) is 9.15. The third-order valence-corrected chi connectivity index (χ3v) is 3.76. The lowest BCUT2D eigenvalue weighted by Gasteiger charge is -2.13. The van der Waals surface area contributed by atoms with E-state index in [1.54, 1.807) is 13.0 Å². The summed E-state index contributed by atoms with van der Waals surface area (Å²) in [4.78, 5) is 22.4. The number of hydrogen-bond acceptors (Lipinski definition) is 4. The number of carbonyl (C=O) groups excluding carboxylic acids is 2. The molecule has 0 radical (unpaired) electrons. The summed E-state index contributed by atoms with van der Waals surface area (Å²) < 4.78 is 10.6. The summed E-state index contributed by atoms with van der Waals surface area (Å²) in [6.07, 6.45) is 2.86. The third kappa shape index (κ3) is 7.95. The van der Waals surface area contributed by atoms with Crippen LogP contribution in [0.3, 0.4) is 0 Å². The molecule has 0 spiro atoms. The van der Waals surface area contributed by atoms with E-state index in [1.807, 2.05) is 30.3 Å². The number of benzene rings is 1. The number of carbonyl (C=O) groups is 2. The highest BCUT2D eigenvalue weighted by molar-refractivity contribution is 9.09. The second-order valence-corrected chi connectivity index (χ2v) is 5.32. The Kier molecular flexibility index (Phi) is 9.99. The molecule has 23 heavy (non-hydrogen) atoms. The first-order chi connectivity index (χ1) is 11.2. The maximum atomic E-state index is 11.8. The van der Waals surface area contributed by atoms with Gasteiger partial charge in [0.2, 0.25) is 6.41 Å². The molecule has 0 bridgehead atoms. The molecule has 0 fully saturated rings. The van der Waals surface area contributed by atoms with Crippen molar-refractivity contribution in [2.75, 3.05) is 18.5 Å². The van der Waals surface area contributed by atoms with Gasteiger partial charge in [-0.05, 0) is 18.9 Å². The first kappa shape index (κ1) is 19.4. The monoisotopic (exact) mass is 383 g/mol.